The van der Waals surface area contributed by atoms with Gasteiger partial charge in [-0.2, -0.15) is 5.26 Å². The summed E-state index contributed by atoms with van der Waals surface area (Å²) in [5.41, 5.74) is 0. The summed E-state index contributed by atoms with van der Waals surface area (Å²) in [5, 5.41) is 12.4. The van der Waals surface area contributed by atoms with Crippen LogP contribution in [0, 0.1) is 11.3 Å². The fraction of sp³-hybridized carbons (Fsp3) is 0.929. The number of hydrogen-bond acceptors (Lipinski definition) is 3. The van der Waals surface area contributed by atoms with Gasteiger partial charge in [0.05, 0.1) is 12.1 Å². The molecular weight excluding hydrogens is 210 g/mol. The van der Waals surface area contributed by atoms with Crippen LogP contribution in [0.25, 0.3) is 0 Å². The quantitative estimate of drug-likeness (QED) is 0.798. The normalized spacial score (nSPS) is 28.0. The van der Waals surface area contributed by atoms with Crippen LogP contribution in [0.2, 0.25) is 0 Å². The number of rotatable bonds is 5. The predicted molar refractivity (Wildman–Crippen MR) is 71.8 cm³/mol. The van der Waals surface area contributed by atoms with Crippen molar-refractivity contribution >= 4 is 0 Å². The van der Waals surface area contributed by atoms with Crippen LogP contribution in [-0.4, -0.2) is 35.6 Å². The molecule has 1 aliphatic rings. The average Bonchev–Trinajstić information content (AvgIpc) is 2.26. The van der Waals surface area contributed by atoms with Gasteiger partial charge < -0.3 is 0 Å². The maximum Gasteiger partial charge on any atom is 0.0967 e. The molecule has 0 spiro atoms. The molecule has 17 heavy (non-hydrogen) atoms. The Morgan fingerprint density at radius 1 is 1.29 bits per heavy atom. The van der Waals surface area contributed by atoms with Gasteiger partial charge >= 0.3 is 0 Å². The van der Waals surface area contributed by atoms with Gasteiger partial charge in [0.25, 0.3) is 0 Å². The lowest BCUT2D eigenvalue weighted by atomic mass is 9.97. The van der Waals surface area contributed by atoms with E-state index in [4.69, 9.17) is 5.26 Å². The van der Waals surface area contributed by atoms with E-state index in [9.17, 15) is 0 Å². The molecule has 0 amide bonds. The summed E-state index contributed by atoms with van der Waals surface area (Å²) in [6, 6.07) is 4.10. The molecule has 0 aromatic heterocycles. The summed E-state index contributed by atoms with van der Waals surface area (Å²) in [4.78, 5) is 2.57. The Balaban J connectivity index is 2.39. The minimum atomic E-state index is -0.00340. The van der Waals surface area contributed by atoms with Crippen molar-refractivity contribution in [3.05, 3.63) is 0 Å². The molecule has 0 aliphatic carbocycles. The van der Waals surface area contributed by atoms with E-state index in [0.717, 1.165) is 13.0 Å². The number of nitrogens with one attached hydrogen (secondary N) is 1. The molecule has 1 rings (SSSR count). The van der Waals surface area contributed by atoms with Crippen molar-refractivity contribution in [2.75, 3.05) is 6.54 Å². The summed E-state index contributed by atoms with van der Waals surface area (Å²) in [5.74, 6) is 0. The first kappa shape index (κ1) is 14.5. The van der Waals surface area contributed by atoms with Crippen molar-refractivity contribution in [3.8, 4) is 6.07 Å². The highest BCUT2D eigenvalue weighted by Gasteiger charge is 2.24. The number of nitrogens with zero attached hydrogens (tertiary/aromatic N) is 2. The zero-order valence-corrected chi connectivity index (χ0v) is 11.7. The second-order valence-electron chi connectivity index (χ2n) is 5.66. The van der Waals surface area contributed by atoms with Crippen molar-refractivity contribution in [2.24, 2.45) is 0 Å². The Labute approximate surface area is 106 Å². The van der Waals surface area contributed by atoms with Crippen molar-refractivity contribution < 1.29 is 0 Å². The Morgan fingerprint density at radius 3 is 2.35 bits per heavy atom. The van der Waals surface area contributed by atoms with E-state index in [1.54, 1.807) is 0 Å². The van der Waals surface area contributed by atoms with Gasteiger partial charge in [-0.15, -0.1) is 0 Å². The summed E-state index contributed by atoms with van der Waals surface area (Å²) < 4.78 is 0. The van der Waals surface area contributed by atoms with Gasteiger partial charge in [0.1, 0.15) is 0 Å². The van der Waals surface area contributed by atoms with Crippen LogP contribution in [0.4, 0.5) is 0 Å². The highest BCUT2D eigenvalue weighted by atomic mass is 15.2. The zero-order valence-electron chi connectivity index (χ0n) is 11.7. The first-order chi connectivity index (χ1) is 8.04. The number of nitriles is 1. The third kappa shape index (κ3) is 4.65. The van der Waals surface area contributed by atoms with Gasteiger partial charge in [-0.25, -0.2) is 0 Å². The summed E-state index contributed by atoms with van der Waals surface area (Å²) in [6.45, 7) is 9.85. The molecule has 1 N–H and O–H groups in total. The highest BCUT2D eigenvalue weighted by Crippen LogP contribution is 2.22. The van der Waals surface area contributed by atoms with E-state index in [-0.39, 0.29) is 6.04 Å². The molecule has 3 heteroatoms. The lowest BCUT2D eigenvalue weighted by Gasteiger charge is -2.39. The second-order valence-corrected chi connectivity index (χ2v) is 5.66. The van der Waals surface area contributed by atoms with Gasteiger partial charge in [-0.3, -0.25) is 10.2 Å². The van der Waals surface area contributed by atoms with Crippen LogP contribution in [0.15, 0.2) is 0 Å². The van der Waals surface area contributed by atoms with E-state index in [1.165, 1.54) is 19.3 Å². The number of likely N-dealkylation sites (tertiary alicyclic amines) is 1. The summed E-state index contributed by atoms with van der Waals surface area (Å²) >= 11 is 0. The molecule has 0 bridgehead atoms. The molecule has 1 saturated heterocycles. The number of piperidine rings is 1. The van der Waals surface area contributed by atoms with Crippen LogP contribution in [0.1, 0.15) is 53.4 Å². The fourth-order valence-corrected chi connectivity index (χ4v) is 2.78. The maximum atomic E-state index is 9.11. The van der Waals surface area contributed by atoms with E-state index < -0.39 is 0 Å². The molecule has 98 valence electrons. The molecular formula is C14H27N3. The van der Waals surface area contributed by atoms with Crippen LogP contribution in [0.5, 0.6) is 0 Å². The molecule has 3 atom stereocenters. The van der Waals surface area contributed by atoms with Crippen LogP contribution in [-0.2, 0) is 0 Å². The first-order valence-corrected chi connectivity index (χ1v) is 6.96. The lowest BCUT2D eigenvalue weighted by Crippen LogP contribution is -2.46. The van der Waals surface area contributed by atoms with Crippen molar-refractivity contribution in [1.82, 2.24) is 10.2 Å². The molecule has 1 aliphatic heterocycles. The Kier molecular flexibility index (Phi) is 5.94. The second kappa shape index (κ2) is 6.98. The summed E-state index contributed by atoms with van der Waals surface area (Å²) in [6.07, 6.45) is 4.90. The third-order valence-corrected chi connectivity index (χ3v) is 3.74. The fourth-order valence-electron chi connectivity index (χ4n) is 2.78. The Morgan fingerprint density at radius 2 is 1.88 bits per heavy atom. The standard InChI is InChI=1S/C14H27N3/c1-11(2)16-14(10-15)8-9-17-12(3)6-5-7-13(17)4/h11-14,16H,5-9H2,1-4H3/t12-,13+,14?. The molecule has 3 nitrogen and oxygen atoms in total. The highest BCUT2D eigenvalue weighted by molar-refractivity contribution is 4.92. The SMILES string of the molecule is CC(C)NC(C#N)CCN1[C@H](C)CCC[C@@H]1C. The van der Waals surface area contributed by atoms with Gasteiger partial charge in [0, 0.05) is 24.7 Å². The predicted octanol–water partition coefficient (Wildman–Crippen LogP) is 2.53. The van der Waals surface area contributed by atoms with Gasteiger partial charge in [-0.05, 0) is 47.0 Å². The molecule has 0 aromatic rings. The van der Waals surface area contributed by atoms with Crippen LogP contribution >= 0.6 is 0 Å². The van der Waals surface area contributed by atoms with E-state index in [2.05, 4.69) is 44.0 Å². The van der Waals surface area contributed by atoms with E-state index >= 15 is 0 Å². The third-order valence-electron chi connectivity index (χ3n) is 3.74. The zero-order chi connectivity index (χ0) is 12.8. The van der Waals surface area contributed by atoms with Crippen molar-refractivity contribution in [3.63, 3.8) is 0 Å². The number of hydrogen-bond donors (Lipinski definition) is 1. The molecule has 0 saturated carbocycles. The van der Waals surface area contributed by atoms with Gasteiger partial charge in [-0.1, -0.05) is 6.42 Å². The monoisotopic (exact) mass is 237 g/mol. The molecule has 0 radical (unpaired) electrons. The van der Waals surface area contributed by atoms with Gasteiger partial charge in [0.15, 0.2) is 0 Å². The maximum absolute atomic E-state index is 9.11. The summed E-state index contributed by atoms with van der Waals surface area (Å²) in [7, 11) is 0. The van der Waals surface area contributed by atoms with E-state index in [1.807, 2.05) is 0 Å². The smallest absolute Gasteiger partial charge is 0.0967 e. The van der Waals surface area contributed by atoms with E-state index in [0.29, 0.717) is 18.1 Å². The molecule has 1 heterocycles. The van der Waals surface area contributed by atoms with Gasteiger partial charge in [0.2, 0.25) is 0 Å². The average molecular weight is 237 g/mol. The Bertz CT molecular complexity index is 247. The minimum absolute atomic E-state index is 0.00340. The van der Waals surface area contributed by atoms with Crippen LogP contribution < -0.4 is 5.32 Å². The van der Waals surface area contributed by atoms with Crippen molar-refractivity contribution in [1.29, 1.82) is 5.26 Å². The minimum Gasteiger partial charge on any atom is -0.300 e. The Hall–Kier alpha value is -0.590. The first-order valence-electron chi connectivity index (χ1n) is 6.96. The molecule has 1 fully saturated rings. The lowest BCUT2D eigenvalue weighted by molar-refractivity contribution is 0.0998. The topological polar surface area (TPSA) is 39.1 Å². The van der Waals surface area contributed by atoms with Crippen molar-refractivity contribution in [2.45, 2.75) is 77.5 Å². The molecule has 1 unspecified atom stereocenters. The largest absolute Gasteiger partial charge is 0.300 e. The molecule has 0 aromatic carbocycles. The van der Waals surface area contributed by atoms with Crippen LogP contribution in [0.3, 0.4) is 0 Å².